The van der Waals surface area contributed by atoms with Crippen LogP contribution in [0.1, 0.15) is 16.8 Å². The number of hydrogen-bond donors (Lipinski definition) is 3. The lowest BCUT2D eigenvalue weighted by Gasteiger charge is -2.11. The number of nitrogens with one attached hydrogen (secondary N) is 3. The molecule has 20 heavy (non-hydrogen) atoms. The normalized spacial score (nSPS) is 18.1. The Morgan fingerprint density at radius 3 is 2.85 bits per heavy atom. The fourth-order valence-corrected chi connectivity index (χ4v) is 2.34. The number of aromatic amines is 1. The van der Waals surface area contributed by atoms with Crippen molar-refractivity contribution in [1.82, 2.24) is 20.8 Å². The number of rotatable bonds is 3. The summed E-state index contributed by atoms with van der Waals surface area (Å²) in [6.07, 6.45) is 2.42. The molecular weight excluding hydrogens is 259 g/mol. The Labute approximate surface area is 115 Å². The number of nitrogens with zero attached hydrogens (tertiary/aromatic N) is 1. The molecule has 1 aromatic carbocycles. The minimum Gasteiger partial charge on any atom is -0.348 e. The third-order valence-corrected chi connectivity index (χ3v) is 3.41. The van der Waals surface area contributed by atoms with Crippen LogP contribution in [0.25, 0.3) is 11.3 Å². The van der Waals surface area contributed by atoms with E-state index < -0.39 is 0 Å². The topological polar surface area (TPSA) is 69.8 Å². The van der Waals surface area contributed by atoms with Gasteiger partial charge in [-0.3, -0.25) is 9.89 Å². The van der Waals surface area contributed by atoms with Gasteiger partial charge < -0.3 is 10.6 Å². The maximum Gasteiger partial charge on any atom is 0.255 e. The third kappa shape index (κ3) is 2.55. The second-order valence-electron chi connectivity index (χ2n) is 4.83. The van der Waals surface area contributed by atoms with Crippen LogP contribution in [0, 0.1) is 5.82 Å². The van der Waals surface area contributed by atoms with Gasteiger partial charge in [-0.2, -0.15) is 5.10 Å². The first-order valence-electron chi connectivity index (χ1n) is 6.55. The number of benzene rings is 1. The second-order valence-corrected chi connectivity index (χ2v) is 4.83. The second kappa shape index (κ2) is 5.42. The Morgan fingerprint density at radius 2 is 2.15 bits per heavy atom. The summed E-state index contributed by atoms with van der Waals surface area (Å²) in [4.78, 5) is 12.2. The first-order valence-corrected chi connectivity index (χ1v) is 6.55. The molecule has 2 aromatic rings. The average molecular weight is 274 g/mol. The van der Waals surface area contributed by atoms with Crippen molar-refractivity contribution in [3.8, 4) is 11.3 Å². The number of H-pyrrole nitrogens is 1. The summed E-state index contributed by atoms with van der Waals surface area (Å²) in [5.74, 6) is -0.469. The Balaban J connectivity index is 1.82. The van der Waals surface area contributed by atoms with E-state index in [1.165, 1.54) is 18.3 Å². The van der Waals surface area contributed by atoms with Crippen LogP contribution in [0.2, 0.25) is 0 Å². The first-order chi connectivity index (χ1) is 9.74. The van der Waals surface area contributed by atoms with Crippen molar-refractivity contribution in [2.75, 3.05) is 13.1 Å². The lowest BCUT2D eigenvalue weighted by Crippen LogP contribution is -2.36. The zero-order valence-electron chi connectivity index (χ0n) is 10.8. The molecule has 1 aliphatic heterocycles. The lowest BCUT2D eigenvalue weighted by molar-refractivity contribution is 0.0941. The van der Waals surface area contributed by atoms with Gasteiger partial charge in [0.1, 0.15) is 5.82 Å². The monoisotopic (exact) mass is 274 g/mol. The molecule has 1 fully saturated rings. The highest BCUT2D eigenvalue weighted by atomic mass is 19.1. The summed E-state index contributed by atoms with van der Waals surface area (Å²) < 4.78 is 12.9. The van der Waals surface area contributed by atoms with Gasteiger partial charge in [-0.25, -0.2) is 4.39 Å². The summed E-state index contributed by atoms with van der Waals surface area (Å²) in [6, 6.07) is 6.11. The van der Waals surface area contributed by atoms with E-state index in [9.17, 15) is 9.18 Å². The molecule has 3 rings (SSSR count). The first kappa shape index (κ1) is 12.8. The molecular formula is C14H15FN4O. The quantitative estimate of drug-likeness (QED) is 0.790. The smallest absolute Gasteiger partial charge is 0.255 e. The van der Waals surface area contributed by atoms with Gasteiger partial charge in [0.05, 0.1) is 17.5 Å². The largest absolute Gasteiger partial charge is 0.348 e. The highest BCUT2D eigenvalue weighted by molar-refractivity contribution is 5.99. The Kier molecular flexibility index (Phi) is 3.47. The number of carbonyl (C=O) groups is 1. The number of hydrogen-bond acceptors (Lipinski definition) is 3. The summed E-state index contributed by atoms with van der Waals surface area (Å²) in [5.41, 5.74) is 1.82. The van der Waals surface area contributed by atoms with Crippen LogP contribution in [-0.4, -0.2) is 35.2 Å². The van der Waals surface area contributed by atoms with Crippen LogP contribution in [-0.2, 0) is 0 Å². The van der Waals surface area contributed by atoms with Crippen molar-refractivity contribution in [2.24, 2.45) is 0 Å². The molecule has 1 unspecified atom stereocenters. The van der Waals surface area contributed by atoms with Crippen LogP contribution in [0.3, 0.4) is 0 Å². The molecule has 0 saturated carbocycles. The maximum absolute atomic E-state index is 12.9. The molecule has 1 amide bonds. The Morgan fingerprint density at radius 1 is 1.35 bits per heavy atom. The fraction of sp³-hybridized carbons (Fsp3) is 0.286. The molecule has 3 N–H and O–H groups in total. The highest BCUT2D eigenvalue weighted by Gasteiger charge is 2.20. The van der Waals surface area contributed by atoms with Crippen LogP contribution in [0.15, 0.2) is 30.5 Å². The minimum atomic E-state index is -0.309. The molecule has 0 spiro atoms. The van der Waals surface area contributed by atoms with Gasteiger partial charge >= 0.3 is 0 Å². The van der Waals surface area contributed by atoms with Crippen molar-refractivity contribution < 1.29 is 9.18 Å². The van der Waals surface area contributed by atoms with E-state index in [0.29, 0.717) is 11.3 Å². The minimum absolute atomic E-state index is 0.151. The standard InChI is InChI=1S/C14H15FN4O/c15-10-3-1-9(2-4-10)13-12(8-17-19-13)14(20)18-11-5-6-16-7-11/h1-4,8,11,16H,5-7H2,(H,17,19)(H,18,20). The van der Waals surface area contributed by atoms with E-state index in [-0.39, 0.29) is 17.8 Å². The Bertz CT molecular complexity index is 602. The summed E-state index contributed by atoms with van der Waals surface area (Å²) in [7, 11) is 0. The van der Waals surface area contributed by atoms with E-state index in [2.05, 4.69) is 20.8 Å². The number of amides is 1. The molecule has 2 heterocycles. The molecule has 0 bridgehead atoms. The molecule has 0 radical (unpaired) electrons. The van der Waals surface area contributed by atoms with Gasteiger partial charge in [0.15, 0.2) is 0 Å². The number of carbonyl (C=O) groups excluding carboxylic acids is 1. The zero-order valence-corrected chi connectivity index (χ0v) is 10.8. The van der Waals surface area contributed by atoms with Crippen LogP contribution < -0.4 is 10.6 Å². The molecule has 1 aromatic heterocycles. The lowest BCUT2D eigenvalue weighted by atomic mass is 10.1. The summed E-state index contributed by atoms with van der Waals surface area (Å²) in [5, 5.41) is 12.9. The van der Waals surface area contributed by atoms with Crippen molar-refractivity contribution in [1.29, 1.82) is 0 Å². The predicted molar refractivity (Wildman–Crippen MR) is 72.7 cm³/mol. The SMILES string of the molecule is O=C(NC1CCNC1)c1cn[nH]c1-c1ccc(F)cc1. The van der Waals surface area contributed by atoms with Gasteiger partial charge in [0.2, 0.25) is 0 Å². The third-order valence-electron chi connectivity index (χ3n) is 3.41. The van der Waals surface area contributed by atoms with Crippen LogP contribution >= 0.6 is 0 Å². The van der Waals surface area contributed by atoms with Crippen LogP contribution in [0.4, 0.5) is 4.39 Å². The molecule has 6 heteroatoms. The van der Waals surface area contributed by atoms with Gasteiger partial charge in [0, 0.05) is 18.2 Å². The molecule has 5 nitrogen and oxygen atoms in total. The van der Waals surface area contributed by atoms with Gasteiger partial charge in [0.25, 0.3) is 5.91 Å². The number of halogens is 1. The van der Waals surface area contributed by atoms with Gasteiger partial charge in [-0.05, 0) is 37.2 Å². The maximum atomic E-state index is 12.9. The van der Waals surface area contributed by atoms with E-state index in [4.69, 9.17) is 0 Å². The summed E-state index contributed by atoms with van der Waals surface area (Å²) in [6.45, 7) is 1.70. The van der Waals surface area contributed by atoms with E-state index >= 15 is 0 Å². The molecule has 1 saturated heterocycles. The van der Waals surface area contributed by atoms with Gasteiger partial charge in [-0.1, -0.05) is 0 Å². The van der Waals surface area contributed by atoms with Crippen LogP contribution in [0.5, 0.6) is 0 Å². The van der Waals surface area contributed by atoms with Crippen molar-refractivity contribution in [3.05, 3.63) is 41.8 Å². The highest BCUT2D eigenvalue weighted by Crippen LogP contribution is 2.21. The predicted octanol–water partition coefficient (Wildman–Crippen LogP) is 1.31. The Hall–Kier alpha value is -2.21. The fourth-order valence-electron chi connectivity index (χ4n) is 2.34. The molecule has 1 aliphatic rings. The van der Waals surface area contributed by atoms with E-state index in [1.54, 1.807) is 12.1 Å². The average Bonchev–Trinajstić information content (AvgIpc) is 3.10. The zero-order chi connectivity index (χ0) is 13.9. The van der Waals surface area contributed by atoms with E-state index in [1.807, 2.05) is 0 Å². The van der Waals surface area contributed by atoms with Crippen molar-refractivity contribution in [2.45, 2.75) is 12.5 Å². The number of aromatic nitrogens is 2. The summed E-state index contributed by atoms with van der Waals surface area (Å²) >= 11 is 0. The molecule has 0 aliphatic carbocycles. The molecule has 1 atom stereocenters. The van der Waals surface area contributed by atoms with Crippen molar-refractivity contribution >= 4 is 5.91 Å². The molecule has 104 valence electrons. The van der Waals surface area contributed by atoms with Crippen molar-refractivity contribution in [3.63, 3.8) is 0 Å². The van der Waals surface area contributed by atoms with E-state index in [0.717, 1.165) is 25.1 Å². The van der Waals surface area contributed by atoms with Gasteiger partial charge in [-0.15, -0.1) is 0 Å².